The second-order valence-corrected chi connectivity index (χ2v) is 10.9. The predicted octanol–water partition coefficient (Wildman–Crippen LogP) is 4.68. The van der Waals surface area contributed by atoms with Crippen molar-refractivity contribution in [1.82, 2.24) is 9.80 Å². The minimum absolute atomic E-state index is 0.0108. The van der Waals surface area contributed by atoms with Crippen LogP contribution in [-0.2, 0) is 20.9 Å². The van der Waals surface area contributed by atoms with Gasteiger partial charge in [-0.1, -0.05) is 38.8 Å². The van der Waals surface area contributed by atoms with E-state index in [4.69, 9.17) is 0 Å². The summed E-state index contributed by atoms with van der Waals surface area (Å²) in [5, 5.41) is 2.92. The van der Waals surface area contributed by atoms with Crippen LogP contribution in [0.4, 0.5) is 15.8 Å². The molecule has 4 rings (SSSR count). The molecule has 7 nitrogen and oxygen atoms in total. The maximum absolute atomic E-state index is 13.4. The van der Waals surface area contributed by atoms with Gasteiger partial charge in [0, 0.05) is 56.4 Å². The summed E-state index contributed by atoms with van der Waals surface area (Å²) in [4.78, 5) is 44.2. The van der Waals surface area contributed by atoms with Crippen LogP contribution in [0.5, 0.6) is 0 Å². The van der Waals surface area contributed by atoms with Crippen LogP contribution in [0.3, 0.4) is 0 Å². The van der Waals surface area contributed by atoms with Crippen molar-refractivity contribution in [2.24, 2.45) is 11.8 Å². The van der Waals surface area contributed by atoms with Crippen molar-refractivity contribution in [3.63, 3.8) is 0 Å². The molecule has 2 aromatic rings. The minimum atomic E-state index is -0.329. The molecule has 3 amide bonds. The number of carbonyl (C=O) groups is 3. The van der Waals surface area contributed by atoms with Crippen LogP contribution in [0.2, 0.25) is 0 Å². The van der Waals surface area contributed by atoms with Gasteiger partial charge in [-0.2, -0.15) is 0 Å². The fourth-order valence-electron chi connectivity index (χ4n) is 5.27. The Kier molecular flexibility index (Phi) is 9.37. The third-order valence-electron chi connectivity index (χ3n) is 7.37. The van der Waals surface area contributed by atoms with Gasteiger partial charge in [0.05, 0.1) is 0 Å². The fourth-order valence-corrected chi connectivity index (χ4v) is 5.27. The molecule has 2 aliphatic rings. The van der Waals surface area contributed by atoms with E-state index < -0.39 is 0 Å². The third-order valence-corrected chi connectivity index (χ3v) is 7.37. The highest BCUT2D eigenvalue weighted by atomic mass is 19.1. The number of rotatable bonds is 9. The first-order valence-electron chi connectivity index (χ1n) is 13.7. The molecule has 0 unspecified atom stereocenters. The average Bonchev–Trinajstić information content (AvgIpc) is 3.44. The van der Waals surface area contributed by atoms with Crippen LogP contribution >= 0.6 is 0 Å². The summed E-state index contributed by atoms with van der Waals surface area (Å²) >= 11 is 0. The van der Waals surface area contributed by atoms with Crippen molar-refractivity contribution in [2.75, 3.05) is 42.9 Å². The Morgan fingerprint density at radius 1 is 0.947 bits per heavy atom. The molecule has 1 aliphatic heterocycles. The normalized spacial score (nSPS) is 16.1. The molecule has 0 bridgehead atoms. The van der Waals surface area contributed by atoms with Gasteiger partial charge in [0.1, 0.15) is 12.4 Å². The Morgan fingerprint density at radius 2 is 1.58 bits per heavy atom. The van der Waals surface area contributed by atoms with Crippen LogP contribution in [0.1, 0.15) is 51.5 Å². The lowest BCUT2D eigenvalue weighted by Crippen LogP contribution is -2.49. The Hall–Kier alpha value is -3.42. The SMILES string of the molecule is CC(C)CC(=O)N1CCN(c2ccc(NC(=O)CN(Cc3ccc(F)cc3)C(=O)C3CCCC3)cc2)CC1. The first kappa shape index (κ1) is 27.6. The molecule has 2 aromatic carbocycles. The van der Waals surface area contributed by atoms with E-state index in [0.717, 1.165) is 50.0 Å². The molecule has 0 spiro atoms. The summed E-state index contributed by atoms with van der Waals surface area (Å²) in [7, 11) is 0. The topological polar surface area (TPSA) is 73.0 Å². The van der Waals surface area contributed by atoms with Crippen molar-refractivity contribution in [2.45, 2.75) is 52.5 Å². The lowest BCUT2D eigenvalue weighted by molar-refractivity contribution is -0.138. The first-order valence-corrected chi connectivity index (χ1v) is 13.7. The van der Waals surface area contributed by atoms with Crippen molar-refractivity contribution < 1.29 is 18.8 Å². The van der Waals surface area contributed by atoms with Gasteiger partial charge in [0.2, 0.25) is 17.7 Å². The highest BCUT2D eigenvalue weighted by Crippen LogP contribution is 2.27. The molecule has 0 radical (unpaired) electrons. The predicted molar refractivity (Wildman–Crippen MR) is 147 cm³/mol. The van der Waals surface area contributed by atoms with Crippen LogP contribution in [0.25, 0.3) is 0 Å². The smallest absolute Gasteiger partial charge is 0.244 e. The Morgan fingerprint density at radius 3 is 2.18 bits per heavy atom. The Labute approximate surface area is 225 Å². The number of piperazine rings is 1. The van der Waals surface area contributed by atoms with Crippen LogP contribution in [0.15, 0.2) is 48.5 Å². The maximum atomic E-state index is 13.4. The molecule has 1 heterocycles. The minimum Gasteiger partial charge on any atom is -0.368 e. The molecule has 204 valence electrons. The number of carbonyl (C=O) groups excluding carboxylic acids is 3. The zero-order valence-electron chi connectivity index (χ0n) is 22.5. The van der Waals surface area contributed by atoms with Crippen LogP contribution < -0.4 is 10.2 Å². The zero-order chi connectivity index (χ0) is 27.1. The molecule has 1 aliphatic carbocycles. The molecule has 1 saturated heterocycles. The lowest BCUT2D eigenvalue weighted by atomic mass is 10.1. The molecule has 8 heteroatoms. The van der Waals surface area contributed by atoms with Crippen molar-refractivity contribution in [3.05, 3.63) is 59.9 Å². The number of hydrogen-bond donors (Lipinski definition) is 1. The maximum Gasteiger partial charge on any atom is 0.244 e. The van der Waals surface area contributed by atoms with E-state index in [-0.39, 0.29) is 42.5 Å². The van der Waals surface area contributed by atoms with E-state index >= 15 is 0 Å². The summed E-state index contributed by atoms with van der Waals surface area (Å²) in [5.74, 6) is -0.0719. The van der Waals surface area contributed by atoms with E-state index in [1.54, 1.807) is 17.0 Å². The number of halogens is 1. The quantitative estimate of drug-likeness (QED) is 0.519. The lowest BCUT2D eigenvalue weighted by Gasteiger charge is -2.36. The highest BCUT2D eigenvalue weighted by Gasteiger charge is 2.28. The molecule has 1 saturated carbocycles. The van der Waals surface area contributed by atoms with Gasteiger partial charge in [0.25, 0.3) is 0 Å². The molecular weight excluding hydrogens is 483 g/mol. The zero-order valence-corrected chi connectivity index (χ0v) is 22.5. The number of hydrogen-bond acceptors (Lipinski definition) is 4. The van der Waals surface area contributed by atoms with Gasteiger partial charge in [-0.3, -0.25) is 14.4 Å². The highest BCUT2D eigenvalue weighted by molar-refractivity contribution is 5.95. The number of anilines is 2. The average molecular weight is 523 g/mol. The molecular formula is C30H39FN4O3. The Balaban J connectivity index is 1.32. The summed E-state index contributed by atoms with van der Waals surface area (Å²) in [6.07, 6.45) is 4.34. The molecule has 2 fully saturated rings. The summed E-state index contributed by atoms with van der Waals surface area (Å²) in [6, 6.07) is 13.7. The molecule has 0 atom stereocenters. The van der Waals surface area contributed by atoms with E-state index in [1.807, 2.05) is 29.2 Å². The third kappa shape index (κ3) is 7.55. The largest absolute Gasteiger partial charge is 0.368 e. The second-order valence-electron chi connectivity index (χ2n) is 10.9. The van der Waals surface area contributed by atoms with Gasteiger partial charge in [-0.05, 0) is 60.7 Å². The number of amides is 3. The van der Waals surface area contributed by atoms with Gasteiger partial charge in [0.15, 0.2) is 0 Å². The van der Waals surface area contributed by atoms with Crippen LogP contribution in [0, 0.1) is 17.7 Å². The first-order chi connectivity index (χ1) is 18.3. The van der Waals surface area contributed by atoms with E-state index in [1.165, 1.54) is 12.1 Å². The standard InChI is InChI=1S/C30H39FN4O3/c1-22(2)19-29(37)34-17-15-33(16-18-34)27-13-11-26(12-14-27)32-28(36)21-35(30(38)24-5-3-4-6-24)20-23-7-9-25(31)10-8-23/h7-14,22,24H,3-6,15-21H2,1-2H3,(H,32,36). The van der Waals surface area contributed by atoms with Gasteiger partial charge >= 0.3 is 0 Å². The van der Waals surface area contributed by atoms with Crippen molar-refractivity contribution in [3.8, 4) is 0 Å². The number of nitrogens with one attached hydrogen (secondary N) is 1. The van der Waals surface area contributed by atoms with E-state index in [0.29, 0.717) is 31.1 Å². The van der Waals surface area contributed by atoms with E-state index in [2.05, 4.69) is 24.1 Å². The van der Waals surface area contributed by atoms with Crippen LogP contribution in [-0.4, -0.2) is 60.2 Å². The van der Waals surface area contributed by atoms with Gasteiger partial charge in [-0.25, -0.2) is 4.39 Å². The van der Waals surface area contributed by atoms with Crippen molar-refractivity contribution in [1.29, 1.82) is 0 Å². The van der Waals surface area contributed by atoms with Gasteiger partial charge < -0.3 is 20.0 Å². The summed E-state index contributed by atoms with van der Waals surface area (Å²) in [5.41, 5.74) is 2.51. The Bertz CT molecular complexity index is 1090. The van der Waals surface area contributed by atoms with E-state index in [9.17, 15) is 18.8 Å². The number of nitrogens with zero attached hydrogens (tertiary/aromatic N) is 3. The number of benzene rings is 2. The van der Waals surface area contributed by atoms with Gasteiger partial charge in [-0.15, -0.1) is 0 Å². The molecule has 1 N–H and O–H groups in total. The fraction of sp³-hybridized carbons (Fsp3) is 0.500. The summed E-state index contributed by atoms with van der Waals surface area (Å²) in [6.45, 7) is 7.31. The van der Waals surface area contributed by atoms with Crippen molar-refractivity contribution >= 4 is 29.1 Å². The molecule has 0 aromatic heterocycles. The summed E-state index contributed by atoms with van der Waals surface area (Å²) < 4.78 is 13.4. The monoisotopic (exact) mass is 522 g/mol. The molecule has 38 heavy (non-hydrogen) atoms. The second kappa shape index (κ2) is 12.9.